The first-order chi connectivity index (χ1) is 21.0. The molecular weight excluding hydrogens is 610 g/mol. The normalized spacial score (nSPS) is 15.1. The third-order valence-electron chi connectivity index (χ3n) is 6.94. The highest BCUT2D eigenvalue weighted by atomic mass is 32.2. The number of carbonyl (C=O) groups is 1. The van der Waals surface area contributed by atoms with Crippen LogP contribution in [0.15, 0.2) is 78.0 Å². The Bertz CT molecular complexity index is 1690. The number of amides is 1. The number of aromatic nitrogens is 3. The van der Waals surface area contributed by atoms with Gasteiger partial charge in [0, 0.05) is 12.1 Å². The molecular formula is C31H29F3N6O2S2. The van der Waals surface area contributed by atoms with Crippen LogP contribution in [0.5, 0.6) is 5.75 Å². The van der Waals surface area contributed by atoms with Crippen LogP contribution in [0.3, 0.4) is 0 Å². The minimum Gasteiger partial charge on any atom is -0.406 e. The average molecular weight is 639 g/mol. The van der Waals surface area contributed by atoms with Gasteiger partial charge in [0.1, 0.15) is 12.1 Å². The van der Waals surface area contributed by atoms with Gasteiger partial charge in [-0.25, -0.2) is 9.67 Å². The Labute approximate surface area is 262 Å². The topological polar surface area (TPSA) is 84.6 Å². The second-order valence-corrected chi connectivity index (χ2v) is 11.5. The lowest BCUT2D eigenvalue weighted by Crippen LogP contribution is -2.32. The number of anilines is 1. The van der Waals surface area contributed by atoms with E-state index < -0.39 is 6.36 Å². The van der Waals surface area contributed by atoms with E-state index in [2.05, 4.69) is 45.0 Å². The monoisotopic (exact) mass is 638 g/mol. The van der Waals surface area contributed by atoms with Crippen LogP contribution in [0.25, 0.3) is 17.1 Å². The van der Waals surface area contributed by atoms with Crippen LogP contribution >= 0.6 is 24.0 Å². The summed E-state index contributed by atoms with van der Waals surface area (Å²) in [6, 6.07) is 19.2. The van der Waals surface area contributed by atoms with E-state index in [0.29, 0.717) is 34.1 Å². The molecule has 4 aromatic rings. The molecule has 0 bridgehead atoms. The van der Waals surface area contributed by atoms with Crippen molar-refractivity contribution in [1.82, 2.24) is 20.1 Å². The number of benzene rings is 3. The molecule has 228 valence electrons. The molecule has 8 nitrogen and oxygen atoms in total. The fraction of sp³-hybridized carbons (Fsp3) is 0.258. The summed E-state index contributed by atoms with van der Waals surface area (Å²) in [7, 11) is 0. The van der Waals surface area contributed by atoms with Gasteiger partial charge >= 0.3 is 6.36 Å². The number of aryl methyl sites for hydroxylation is 2. The molecule has 5 rings (SSSR count). The third-order valence-corrected chi connectivity index (χ3v) is 8.10. The van der Waals surface area contributed by atoms with Crippen LogP contribution in [-0.2, 0) is 11.2 Å². The number of nitrogens with one attached hydrogen (secondary N) is 1. The predicted octanol–water partition coefficient (Wildman–Crippen LogP) is 6.82. The quantitative estimate of drug-likeness (QED) is 0.212. The van der Waals surface area contributed by atoms with Crippen LogP contribution in [-0.4, -0.2) is 49.6 Å². The lowest BCUT2D eigenvalue weighted by molar-refractivity contribution is -0.274. The number of hydrogen-bond acceptors (Lipinski definition) is 6. The number of rotatable bonds is 8. The molecule has 1 saturated heterocycles. The summed E-state index contributed by atoms with van der Waals surface area (Å²) in [6.07, 6.45) is -2.45. The van der Waals surface area contributed by atoms with Gasteiger partial charge in [-0.1, -0.05) is 67.6 Å². The molecule has 0 saturated carbocycles. The van der Waals surface area contributed by atoms with Crippen molar-refractivity contribution in [1.29, 1.82) is 0 Å². The molecule has 1 aromatic heterocycles. The Balaban J connectivity index is 1.19. The SMILES string of the molecule is CCc1cc(C)ccc1N1C(=O)CS/C1=N\C(=S)NCC(C)c1ccc(-c2ncn(-c3ccc(OC(F)(F)F)cc3)n2)cc1. The van der Waals surface area contributed by atoms with E-state index in [-0.39, 0.29) is 17.6 Å². The Morgan fingerprint density at radius 1 is 1.14 bits per heavy atom. The number of hydrogen-bond donors (Lipinski definition) is 1. The molecule has 0 radical (unpaired) electrons. The second-order valence-electron chi connectivity index (χ2n) is 10.2. The number of halogens is 3. The molecule has 1 fully saturated rings. The van der Waals surface area contributed by atoms with Crippen molar-refractivity contribution in [3.8, 4) is 22.8 Å². The van der Waals surface area contributed by atoms with E-state index in [9.17, 15) is 18.0 Å². The van der Waals surface area contributed by atoms with Crippen molar-refractivity contribution >= 4 is 45.9 Å². The number of thioether (sulfide) groups is 1. The van der Waals surface area contributed by atoms with E-state index in [1.165, 1.54) is 47.0 Å². The van der Waals surface area contributed by atoms with Crippen LogP contribution in [0.4, 0.5) is 18.9 Å². The molecule has 44 heavy (non-hydrogen) atoms. The second kappa shape index (κ2) is 13.2. The molecule has 1 aliphatic heterocycles. The molecule has 3 aromatic carbocycles. The van der Waals surface area contributed by atoms with E-state index in [1.54, 1.807) is 4.90 Å². The summed E-state index contributed by atoms with van der Waals surface area (Å²) >= 11 is 6.89. The molecule has 1 aliphatic rings. The van der Waals surface area contributed by atoms with Gasteiger partial charge in [-0.15, -0.1) is 18.3 Å². The summed E-state index contributed by atoms with van der Waals surface area (Å²) in [5.41, 5.74) is 5.46. The van der Waals surface area contributed by atoms with Gasteiger partial charge in [0.05, 0.1) is 17.1 Å². The lowest BCUT2D eigenvalue weighted by Gasteiger charge is -2.20. The van der Waals surface area contributed by atoms with Crippen LogP contribution in [0.2, 0.25) is 0 Å². The first kappa shape index (κ1) is 31.2. The summed E-state index contributed by atoms with van der Waals surface area (Å²) in [6.45, 7) is 6.70. The summed E-state index contributed by atoms with van der Waals surface area (Å²) in [4.78, 5) is 23.3. The largest absolute Gasteiger partial charge is 0.573 e. The summed E-state index contributed by atoms with van der Waals surface area (Å²) in [5, 5.41) is 8.55. The zero-order valence-corrected chi connectivity index (χ0v) is 25.8. The number of nitrogens with zero attached hydrogens (tertiary/aromatic N) is 5. The first-order valence-corrected chi connectivity index (χ1v) is 15.2. The molecule has 1 N–H and O–H groups in total. The smallest absolute Gasteiger partial charge is 0.406 e. The number of carbonyl (C=O) groups excluding carboxylic acids is 1. The van der Waals surface area contributed by atoms with Gasteiger partial charge in [-0.3, -0.25) is 9.69 Å². The number of alkyl halides is 3. The number of ether oxygens (including phenoxy) is 1. The van der Waals surface area contributed by atoms with Crippen LogP contribution in [0, 0.1) is 6.92 Å². The predicted molar refractivity (Wildman–Crippen MR) is 170 cm³/mol. The number of thiocarbonyl (C=S) groups is 1. The van der Waals surface area contributed by atoms with E-state index in [1.807, 2.05) is 43.3 Å². The fourth-order valence-electron chi connectivity index (χ4n) is 4.66. The highest BCUT2D eigenvalue weighted by Gasteiger charge is 2.32. The van der Waals surface area contributed by atoms with Gasteiger partial charge in [-0.2, -0.15) is 4.99 Å². The molecule has 2 heterocycles. The maximum atomic E-state index is 12.7. The zero-order chi connectivity index (χ0) is 31.4. The highest BCUT2D eigenvalue weighted by molar-refractivity contribution is 8.15. The van der Waals surface area contributed by atoms with E-state index in [4.69, 9.17) is 12.2 Å². The molecule has 0 aliphatic carbocycles. The van der Waals surface area contributed by atoms with Crippen molar-refractivity contribution in [2.75, 3.05) is 17.2 Å². The van der Waals surface area contributed by atoms with Gasteiger partial charge in [0.2, 0.25) is 5.91 Å². The molecule has 13 heteroatoms. The minimum atomic E-state index is -4.75. The maximum Gasteiger partial charge on any atom is 0.573 e. The molecule has 1 unspecified atom stereocenters. The Morgan fingerprint density at radius 3 is 2.55 bits per heavy atom. The minimum absolute atomic E-state index is 0.0173. The van der Waals surface area contributed by atoms with Crippen molar-refractivity contribution in [3.63, 3.8) is 0 Å². The first-order valence-electron chi connectivity index (χ1n) is 13.8. The maximum absolute atomic E-state index is 12.7. The molecule has 1 amide bonds. The van der Waals surface area contributed by atoms with E-state index in [0.717, 1.165) is 34.4 Å². The number of aliphatic imine (C=N–C) groups is 1. The van der Waals surface area contributed by atoms with Gasteiger partial charge < -0.3 is 10.1 Å². The fourth-order valence-corrected chi connectivity index (χ4v) is 5.76. The molecule has 0 spiro atoms. The van der Waals surface area contributed by atoms with Gasteiger partial charge in [0.25, 0.3) is 0 Å². The highest BCUT2D eigenvalue weighted by Crippen LogP contribution is 2.31. The molecule has 1 atom stereocenters. The Hall–Kier alpha value is -4.23. The van der Waals surface area contributed by atoms with E-state index >= 15 is 0 Å². The standard InChI is InChI=1S/C31H29F3N6O2S2/c1-4-21-15-19(2)5-14-26(21)40-27(41)17-44-30(40)37-29(43)35-16-20(3)22-6-8-23(9-7-22)28-36-18-39(38-28)24-10-12-25(13-11-24)42-31(32,33)34/h5-15,18,20H,4,16-17H2,1-3H3,(H,35,43)/b37-30-. The third kappa shape index (κ3) is 7.45. The Morgan fingerprint density at radius 2 is 1.86 bits per heavy atom. The van der Waals surface area contributed by atoms with Crippen molar-refractivity contribution in [2.24, 2.45) is 4.99 Å². The average Bonchev–Trinajstić information content (AvgIpc) is 3.63. The van der Waals surface area contributed by atoms with Crippen LogP contribution in [0.1, 0.15) is 36.5 Å². The number of amidine groups is 1. The van der Waals surface area contributed by atoms with Crippen LogP contribution < -0.4 is 15.0 Å². The van der Waals surface area contributed by atoms with Gasteiger partial charge in [0.15, 0.2) is 16.1 Å². The van der Waals surface area contributed by atoms with Crippen molar-refractivity contribution in [2.45, 2.75) is 39.5 Å². The van der Waals surface area contributed by atoms with Crippen molar-refractivity contribution in [3.05, 3.63) is 89.7 Å². The van der Waals surface area contributed by atoms with Gasteiger partial charge in [-0.05, 0) is 72.9 Å². The Kier molecular flexibility index (Phi) is 9.35. The lowest BCUT2D eigenvalue weighted by atomic mass is 10.00. The zero-order valence-electron chi connectivity index (χ0n) is 24.1. The summed E-state index contributed by atoms with van der Waals surface area (Å²) < 4.78 is 42.7. The summed E-state index contributed by atoms with van der Waals surface area (Å²) in [5.74, 6) is 0.566. The van der Waals surface area contributed by atoms with Crippen molar-refractivity contribution < 1.29 is 22.7 Å².